The van der Waals surface area contributed by atoms with E-state index in [-0.39, 0.29) is 5.69 Å². The first kappa shape index (κ1) is 14.8. The number of hydrogen-bond donors (Lipinski definition) is 2. The zero-order valence-electron chi connectivity index (χ0n) is 12.0. The van der Waals surface area contributed by atoms with Crippen molar-refractivity contribution < 1.29 is 4.92 Å². The molecule has 0 saturated carbocycles. The molecule has 0 aliphatic rings. The normalized spacial score (nSPS) is 10.2. The first-order chi connectivity index (χ1) is 10.0. The summed E-state index contributed by atoms with van der Waals surface area (Å²) in [5.74, 6) is 5.47. The number of non-ortho nitro benzene ring substituents is 1. The number of benzene rings is 2. The van der Waals surface area contributed by atoms with Crippen LogP contribution in [0.3, 0.4) is 0 Å². The van der Waals surface area contributed by atoms with Crippen molar-refractivity contribution in [3.63, 3.8) is 0 Å². The van der Waals surface area contributed by atoms with Crippen LogP contribution in [0, 0.1) is 17.0 Å². The van der Waals surface area contributed by atoms with Crippen molar-refractivity contribution in [1.82, 2.24) is 0 Å². The molecule has 0 fully saturated rings. The van der Waals surface area contributed by atoms with Crippen molar-refractivity contribution in [3.05, 3.63) is 63.7 Å². The highest BCUT2D eigenvalue weighted by molar-refractivity contribution is 5.57. The van der Waals surface area contributed by atoms with E-state index in [0.717, 1.165) is 11.3 Å². The van der Waals surface area contributed by atoms with Gasteiger partial charge in [0.25, 0.3) is 5.69 Å². The molecule has 110 valence electrons. The largest absolute Gasteiger partial charge is 0.370 e. The fourth-order valence-corrected chi connectivity index (χ4v) is 2.11. The molecule has 0 unspecified atom stereocenters. The van der Waals surface area contributed by atoms with Gasteiger partial charge in [-0.25, -0.2) is 0 Å². The number of aryl methyl sites for hydroxylation is 1. The molecule has 2 aromatic carbocycles. The van der Waals surface area contributed by atoms with Crippen molar-refractivity contribution in [1.29, 1.82) is 0 Å². The quantitative estimate of drug-likeness (QED) is 0.501. The lowest BCUT2D eigenvalue weighted by Crippen LogP contribution is -2.19. The van der Waals surface area contributed by atoms with Crippen LogP contribution in [0.15, 0.2) is 42.5 Å². The average molecular weight is 286 g/mol. The van der Waals surface area contributed by atoms with Gasteiger partial charge < -0.3 is 10.3 Å². The third-order valence-electron chi connectivity index (χ3n) is 3.34. The van der Waals surface area contributed by atoms with Gasteiger partial charge in [0.2, 0.25) is 0 Å². The van der Waals surface area contributed by atoms with Crippen LogP contribution in [0.1, 0.15) is 11.1 Å². The summed E-state index contributed by atoms with van der Waals surface area (Å²) in [5, 5.41) is 10.9. The predicted octanol–water partition coefficient (Wildman–Crippen LogP) is 2.83. The van der Waals surface area contributed by atoms with Crippen LogP contribution in [0.2, 0.25) is 0 Å². The number of anilines is 2. The number of nitrogen functional groups attached to an aromatic ring is 1. The van der Waals surface area contributed by atoms with E-state index in [2.05, 4.69) is 5.43 Å². The third kappa shape index (κ3) is 3.49. The topological polar surface area (TPSA) is 84.4 Å². The van der Waals surface area contributed by atoms with Gasteiger partial charge in [-0.15, -0.1) is 0 Å². The van der Waals surface area contributed by atoms with Crippen LogP contribution >= 0.6 is 0 Å². The van der Waals surface area contributed by atoms with Crippen LogP contribution in [-0.4, -0.2) is 12.0 Å². The summed E-state index contributed by atoms with van der Waals surface area (Å²) in [6.45, 7) is 2.55. The molecule has 0 heterocycles. The van der Waals surface area contributed by atoms with Crippen LogP contribution < -0.4 is 16.2 Å². The van der Waals surface area contributed by atoms with Gasteiger partial charge in [0.15, 0.2) is 0 Å². The first-order valence-electron chi connectivity index (χ1n) is 6.53. The molecule has 6 nitrogen and oxygen atoms in total. The van der Waals surface area contributed by atoms with Crippen LogP contribution in [-0.2, 0) is 6.54 Å². The molecule has 0 aliphatic carbocycles. The van der Waals surface area contributed by atoms with Gasteiger partial charge in [-0.3, -0.25) is 16.0 Å². The Balaban J connectivity index is 2.26. The van der Waals surface area contributed by atoms with E-state index in [9.17, 15) is 10.1 Å². The van der Waals surface area contributed by atoms with Gasteiger partial charge in [-0.05, 0) is 25.1 Å². The number of hydrogen-bond acceptors (Lipinski definition) is 5. The molecule has 0 bridgehead atoms. The minimum Gasteiger partial charge on any atom is -0.370 e. The smallest absolute Gasteiger partial charge is 0.269 e. The number of nitro groups is 1. The third-order valence-corrected chi connectivity index (χ3v) is 3.34. The number of nitrogens with two attached hydrogens (primary N) is 1. The van der Waals surface area contributed by atoms with E-state index in [4.69, 9.17) is 5.84 Å². The molecule has 0 spiro atoms. The standard InChI is InChI=1S/C15H18N4O2/c1-11-3-5-13(6-4-11)18(2)10-12-9-14(19(20)21)7-8-15(12)17-16/h3-9,17H,10,16H2,1-2H3. The van der Waals surface area contributed by atoms with Crippen molar-refractivity contribution >= 4 is 17.1 Å². The summed E-state index contributed by atoms with van der Waals surface area (Å²) < 4.78 is 0. The van der Waals surface area contributed by atoms with Crippen LogP contribution in [0.4, 0.5) is 17.1 Å². The summed E-state index contributed by atoms with van der Waals surface area (Å²) in [6, 6.07) is 12.7. The van der Waals surface area contributed by atoms with Gasteiger partial charge in [0.05, 0.1) is 10.6 Å². The molecular weight excluding hydrogens is 268 g/mol. The van der Waals surface area contributed by atoms with Crippen molar-refractivity contribution in [2.45, 2.75) is 13.5 Å². The maximum Gasteiger partial charge on any atom is 0.269 e. The second-order valence-electron chi connectivity index (χ2n) is 4.93. The Kier molecular flexibility index (Phi) is 4.39. The molecule has 2 aromatic rings. The van der Waals surface area contributed by atoms with Gasteiger partial charge in [-0.2, -0.15) is 0 Å². The Morgan fingerprint density at radius 3 is 2.48 bits per heavy atom. The molecule has 3 N–H and O–H groups in total. The van der Waals surface area contributed by atoms with Gasteiger partial charge in [0, 0.05) is 37.0 Å². The van der Waals surface area contributed by atoms with E-state index in [1.54, 1.807) is 12.1 Å². The lowest BCUT2D eigenvalue weighted by atomic mass is 10.1. The monoisotopic (exact) mass is 286 g/mol. The summed E-state index contributed by atoms with van der Waals surface area (Å²) >= 11 is 0. The fourth-order valence-electron chi connectivity index (χ4n) is 2.11. The van der Waals surface area contributed by atoms with E-state index in [0.29, 0.717) is 12.2 Å². The lowest BCUT2D eigenvalue weighted by molar-refractivity contribution is -0.384. The highest BCUT2D eigenvalue weighted by Gasteiger charge is 2.12. The predicted molar refractivity (Wildman–Crippen MR) is 84.2 cm³/mol. The van der Waals surface area contributed by atoms with Crippen LogP contribution in [0.5, 0.6) is 0 Å². The summed E-state index contributed by atoms with van der Waals surface area (Å²) in [5.41, 5.74) is 6.31. The number of hydrazine groups is 1. The second-order valence-corrected chi connectivity index (χ2v) is 4.93. The zero-order valence-corrected chi connectivity index (χ0v) is 12.0. The lowest BCUT2D eigenvalue weighted by Gasteiger charge is -2.21. The molecule has 0 aliphatic heterocycles. The zero-order chi connectivity index (χ0) is 15.4. The summed E-state index contributed by atoms with van der Waals surface area (Å²) in [4.78, 5) is 12.5. The molecule has 6 heteroatoms. The molecule has 0 aromatic heterocycles. The second kappa shape index (κ2) is 6.23. The Bertz CT molecular complexity index is 641. The minimum atomic E-state index is -0.407. The SMILES string of the molecule is Cc1ccc(N(C)Cc2cc([N+](=O)[O-])ccc2NN)cc1. The Hall–Kier alpha value is -2.60. The van der Waals surface area contributed by atoms with Crippen molar-refractivity contribution in [3.8, 4) is 0 Å². The molecule has 0 radical (unpaired) electrons. The van der Waals surface area contributed by atoms with Gasteiger partial charge >= 0.3 is 0 Å². The molecule has 2 rings (SSSR count). The minimum absolute atomic E-state index is 0.0568. The van der Waals surface area contributed by atoms with E-state index < -0.39 is 4.92 Å². The molecule has 0 atom stereocenters. The van der Waals surface area contributed by atoms with E-state index in [1.807, 2.05) is 43.1 Å². The molecule has 0 saturated heterocycles. The average Bonchev–Trinajstić information content (AvgIpc) is 2.47. The maximum atomic E-state index is 10.9. The first-order valence-corrected chi connectivity index (χ1v) is 6.53. The molecule has 0 amide bonds. The summed E-state index contributed by atoms with van der Waals surface area (Å²) in [6.07, 6.45) is 0. The molecule has 21 heavy (non-hydrogen) atoms. The van der Waals surface area contributed by atoms with Crippen molar-refractivity contribution in [2.75, 3.05) is 17.4 Å². The maximum absolute atomic E-state index is 10.9. The summed E-state index contributed by atoms with van der Waals surface area (Å²) in [7, 11) is 1.93. The highest BCUT2D eigenvalue weighted by atomic mass is 16.6. The van der Waals surface area contributed by atoms with Gasteiger partial charge in [0.1, 0.15) is 0 Å². The number of nitrogens with zero attached hydrogens (tertiary/aromatic N) is 2. The van der Waals surface area contributed by atoms with E-state index in [1.165, 1.54) is 11.6 Å². The number of nitrogens with one attached hydrogen (secondary N) is 1. The van der Waals surface area contributed by atoms with Crippen molar-refractivity contribution in [2.24, 2.45) is 5.84 Å². The number of rotatable bonds is 5. The van der Waals surface area contributed by atoms with E-state index >= 15 is 0 Å². The van der Waals surface area contributed by atoms with Crippen LogP contribution in [0.25, 0.3) is 0 Å². The molecular formula is C15H18N4O2. The Morgan fingerprint density at radius 2 is 1.90 bits per heavy atom. The Morgan fingerprint density at radius 1 is 1.24 bits per heavy atom. The van der Waals surface area contributed by atoms with Gasteiger partial charge in [-0.1, -0.05) is 17.7 Å². The highest BCUT2D eigenvalue weighted by Crippen LogP contribution is 2.24. The fraction of sp³-hybridized carbons (Fsp3) is 0.200. The Labute approximate surface area is 123 Å². The number of nitro benzene ring substituents is 1.